The van der Waals surface area contributed by atoms with Crippen LogP contribution in [0.1, 0.15) is 44.2 Å². The number of pyridine rings is 1. The van der Waals surface area contributed by atoms with E-state index < -0.39 is 0 Å². The number of rotatable bonds is 6. The summed E-state index contributed by atoms with van der Waals surface area (Å²) in [6.45, 7) is 3.21. The lowest BCUT2D eigenvalue weighted by Crippen LogP contribution is -2.50. The highest BCUT2D eigenvalue weighted by atomic mass is 16.5. The molecule has 3 rings (SSSR count). The molecule has 1 atom stereocenters. The molecule has 0 saturated heterocycles. The number of hydrogen-bond acceptors (Lipinski definition) is 3. The number of nitrogens with zero attached hydrogens (tertiary/aromatic N) is 1. The molecule has 3 heteroatoms. The van der Waals surface area contributed by atoms with Gasteiger partial charge in [-0.25, -0.2) is 0 Å². The molecule has 1 aromatic carbocycles. The van der Waals surface area contributed by atoms with Gasteiger partial charge in [-0.2, -0.15) is 0 Å². The van der Waals surface area contributed by atoms with Crippen LogP contribution in [0.25, 0.3) is 10.9 Å². The van der Waals surface area contributed by atoms with E-state index in [1.165, 1.54) is 17.4 Å². The molecule has 0 spiro atoms. The Balaban J connectivity index is 2.05. The molecule has 1 aromatic heterocycles. The summed E-state index contributed by atoms with van der Waals surface area (Å²) < 4.78 is 5.95. The Morgan fingerprint density at radius 1 is 1.29 bits per heavy atom. The van der Waals surface area contributed by atoms with E-state index in [0.29, 0.717) is 0 Å². The fraction of sp³-hybridized carbons (Fsp3) is 0.500. The first-order chi connectivity index (χ1) is 10.3. The van der Waals surface area contributed by atoms with Crippen LogP contribution < -0.4 is 5.32 Å². The first-order valence-corrected chi connectivity index (χ1v) is 7.93. The maximum atomic E-state index is 5.95. The van der Waals surface area contributed by atoms with Gasteiger partial charge in [-0.1, -0.05) is 25.1 Å². The van der Waals surface area contributed by atoms with Crippen LogP contribution in [0.5, 0.6) is 0 Å². The van der Waals surface area contributed by atoms with Crippen molar-refractivity contribution in [1.29, 1.82) is 0 Å². The van der Waals surface area contributed by atoms with Gasteiger partial charge in [0.25, 0.3) is 0 Å². The molecule has 112 valence electrons. The molecule has 0 radical (unpaired) electrons. The molecule has 0 bridgehead atoms. The number of methoxy groups -OCH3 is 1. The third-order valence-electron chi connectivity index (χ3n) is 4.72. The van der Waals surface area contributed by atoms with Crippen LogP contribution >= 0.6 is 0 Å². The van der Waals surface area contributed by atoms with Gasteiger partial charge in [0.05, 0.1) is 17.2 Å². The standard InChI is InChI=1S/C18H24N2O/c1-3-12-20-17(18(21-2)10-6-11-18)15-7-4-9-16-14(15)8-5-13-19-16/h4-5,7-9,13,17,20H,3,6,10-12H2,1-2H3. The maximum absolute atomic E-state index is 5.95. The molecule has 21 heavy (non-hydrogen) atoms. The summed E-state index contributed by atoms with van der Waals surface area (Å²) in [5.74, 6) is 0. The maximum Gasteiger partial charge on any atom is 0.0872 e. The van der Waals surface area contributed by atoms with Gasteiger partial charge in [0.1, 0.15) is 0 Å². The lowest BCUT2D eigenvalue weighted by molar-refractivity contribution is -0.0994. The molecule has 1 unspecified atom stereocenters. The molecule has 1 fully saturated rings. The number of hydrogen-bond donors (Lipinski definition) is 1. The normalized spacial score (nSPS) is 18.4. The number of aromatic nitrogens is 1. The van der Waals surface area contributed by atoms with Crippen LogP contribution in [-0.2, 0) is 4.74 Å². The van der Waals surface area contributed by atoms with Gasteiger partial charge in [-0.05, 0) is 49.9 Å². The summed E-state index contributed by atoms with van der Waals surface area (Å²) in [6, 6.07) is 10.8. The van der Waals surface area contributed by atoms with Crippen LogP contribution in [0.4, 0.5) is 0 Å². The van der Waals surface area contributed by atoms with Crippen molar-refractivity contribution in [3.8, 4) is 0 Å². The Bertz CT molecular complexity index is 596. The van der Waals surface area contributed by atoms with Crippen LogP contribution in [0.15, 0.2) is 36.5 Å². The topological polar surface area (TPSA) is 34.2 Å². The highest BCUT2D eigenvalue weighted by molar-refractivity contribution is 5.82. The Hall–Kier alpha value is -1.45. The van der Waals surface area contributed by atoms with Crippen LogP contribution in [-0.4, -0.2) is 24.2 Å². The van der Waals surface area contributed by atoms with Crippen molar-refractivity contribution in [3.63, 3.8) is 0 Å². The third-order valence-corrected chi connectivity index (χ3v) is 4.72. The molecule has 1 aliphatic carbocycles. The fourth-order valence-corrected chi connectivity index (χ4v) is 3.38. The van der Waals surface area contributed by atoms with Crippen molar-refractivity contribution in [2.45, 2.75) is 44.2 Å². The minimum Gasteiger partial charge on any atom is -0.376 e. The quantitative estimate of drug-likeness (QED) is 0.875. The highest BCUT2D eigenvalue weighted by Crippen LogP contribution is 2.46. The number of nitrogens with one attached hydrogen (secondary N) is 1. The number of benzene rings is 1. The molecule has 1 N–H and O–H groups in total. The van der Waals surface area contributed by atoms with E-state index in [0.717, 1.165) is 31.3 Å². The molecule has 3 nitrogen and oxygen atoms in total. The van der Waals surface area contributed by atoms with Gasteiger partial charge >= 0.3 is 0 Å². The predicted molar refractivity (Wildman–Crippen MR) is 86.4 cm³/mol. The Morgan fingerprint density at radius 2 is 2.14 bits per heavy atom. The van der Waals surface area contributed by atoms with Gasteiger partial charge in [-0.15, -0.1) is 0 Å². The van der Waals surface area contributed by atoms with Gasteiger partial charge in [0.15, 0.2) is 0 Å². The fourth-order valence-electron chi connectivity index (χ4n) is 3.38. The number of ether oxygens (including phenoxy) is 1. The SMILES string of the molecule is CCCNC(c1cccc2ncccc12)C1(OC)CCC1. The van der Waals surface area contributed by atoms with Crippen LogP contribution in [0.2, 0.25) is 0 Å². The summed E-state index contributed by atoms with van der Waals surface area (Å²) in [5.41, 5.74) is 2.32. The molecule has 1 heterocycles. The Kier molecular flexibility index (Phi) is 4.22. The van der Waals surface area contributed by atoms with E-state index in [-0.39, 0.29) is 11.6 Å². The lowest BCUT2D eigenvalue weighted by atomic mass is 9.71. The zero-order valence-electron chi connectivity index (χ0n) is 12.9. The third kappa shape index (κ3) is 2.56. The van der Waals surface area contributed by atoms with Crippen molar-refractivity contribution >= 4 is 10.9 Å². The molecule has 2 aromatic rings. The summed E-state index contributed by atoms with van der Waals surface area (Å²) in [6.07, 6.45) is 6.49. The van der Waals surface area contributed by atoms with Gasteiger partial charge < -0.3 is 10.1 Å². The van der Waals surface area contributed by atoms with Crippen molar-refractivity contribution in [2.75, 3.05) is 13.7 Å². The second-order valence-corrected chi connectivity index (χ2v) is 5.93. The zero-order chi connectivity index (χ0) is 14.7. The van der Waals surface area contributed by atoms with Gasteiger partial charge in [0.2, 0.25) is 0 Å². The number of fused-ring (bicyclic) bond motifs is 1. The summed E-state index contributed by atoms with van der Waals surface area (Å²) in [4.78, 5) is 4.49. The first-order valence-electron chi connectivity index (χ1n) is 7.93. The van der Waals surface area contributed by atoms with Gasteiger partial charge in [0, 0.05) is 18.7 Å². The molecule has 0 amide bonds. The first kappa shape index (κ1) is 14.5. The molecule has 0 aliphatic heterocycles. The average molecular weight is 284 g/mol. The predicted octanol–water partition coefficient (Wildman–Crippen LogP) is 3.84. The summed E-state index contributed by atoms with van der Waals surface area (Å²) in [5, 5.41) is 4.95. The molecular formula is C18H24N2O. The van der Waals surface area contributed by atoms with E-state index in [2.05, 4.69) is 41.5 Å². The zero-order valence-corrected chi connectivity index (χ0v) is 12.9. The van der Waals surface area contributed by atoms with Crippen molar-refractivity contribution in [3.05, 3.63) is 42.1 Å². The van der Waals surface area contributed by atoms with Gasteiger partial charge in [-0.3, -0.25) is 4.98 Å². The van der Waals surface area contributed by atoms with Crippen LogP contribution in [0, 0.1) is 0 Å². The molecule has 1 saturated carbocycles. The minimum absolute atomic E-state index is 0.0563. The smallest absolute Gasteiger partial charge is 0.0872 e. The second-order valence-electron chi connectivity index (χ2n) is 5.93. The largest absolute Gasteiger partial charge is 0.376 e. The molecular weight excluding hydrogens is 260 g/mol. The highest BCUT2D eigenvalue weighted by Gasteiger charge is 2.45. The summed E-state index contributed by atoms with van der Waals surface area (Å²) in [7, 11) is 1.85. The molecule has 1 aliphatic rings. The lowest BCUT2D eigenvalue weighted by Gasteiger charge is -2.47. The minimum atomic E-state index is -0.0563. The van der Waals surface area contributed by atoms with Crippen molar-refractivity contribution in [1.82, 2.24) is 10.3 Å². The monoisotopic (exact) mass is 284 g/mol. The van der Waals surface area contributed by atoms with Crippen LogP contribution in [0.3, 0.4) is 0 Å². The van der Waals surface area contributed by atoms with E-state index in [9.17, 15) is 0 Å². The van der Waals surface area contributed by atoms with Crippen molar-refractivity contribution in [2.24, 2.45) is 0 Å². The Morgan fingerprint density at radius 3 is 2.81 bits per heavy atom. The van der Waals surface area contributed by atoms with E-state index in [1.54, 1.807) is 0 Å². The van der Waals surface area contributed by atoms with E-state index in [1.807, 2.05) is 19.4 Å². The van der Waals surface area contributed by atoms with E-state index >= 15 is 0 Å². The van der Waals surface area contributed by atoms with E-state index in [4.69, 9.17) is 4.74 Å². The summed E-state index contributed by atoms with van der Waals surface area (Å²) >= 11 is 0. The Labute approximate surface area is 126 Å². The average Bonchev–Trinajstić information content (AvgIpc) is 2.49. The second kappa shape index (κ2) is 6.12. The van der Waals surface area contributed by atoms with Crippen molar-refractivity contribution < 1.29 is 4.74 Å².